The molecule has 2 heterocycles. The molecule has 0 atom stereocenters. The monoisotopic (exact) mass is 187 g/mol. The minimum atomic E-state index is 0.952. The summed E-state index contributed by atoms with van der Waals surface area (Å²) in [4.78, 5) is 12.4. The van der Waals surface area contributed by atoms with E-state index in [1.165, 1.54) is 4.70 Å². The van der Waals surface area contributed by atoms with E-state index < -0.39 is 0 Å². The van der Waals surface area contributed by atoms with E-state index >= 15 is 0 Å². The van der Waals surface area contributed by atoms with Crippen molar-refractivity contribution in [3.63, 3.8) is 0 Å². The number of hydrogen-bond donors (Lipinski definition) is 0. The predicted octanol–water partition coefficient (Wildman–Crippen LogP) is 2.24. The summed E-state index contributed by atoms with van der Waals surface area (Å²) in [6.07, 6.45) is 3.38. The van der Waals surface area contributed by atoms with Crippen LogP contribution in [0, 0.1) is 0 Å². The van der Waals surface area contributed by atoms with E-state index in [9.17, 15) is 0 Å². The SMILES string of the molecule is c1ncc2cc3scnc3cc2n1. The Morgan fingerprint density at radius 1 is 1.08 bits per heavy atom. The standard InChI is InChI=1S/C9H5N3S/c1-6-3-10-4-11-7(6)2-8-9(1)13-5-12-8/h1-5H. The molecular weight excluding hydrogens is 182 g/mol. The van der Waals surface area contributed by atoms with Gasteiger partial charge in [0.05, 0.1) is 21.2 Å². The highest BCUT2D eigenvalue weighted by Crippen LogP contribution is 2.22. The first-order chi connectivity index (χ1) is 6.43. The summed E-state index contributed by atoms with van der Waals surface area (Å²) in [5, 5.41) is 1.07. The second-order valence-electron chi connectivity index (χ2n) is 2.75. The Bertz CT molecular complexity index is 523. The van der Waals surface area contributed by atoms with E-state index in [1.807, 2.05) is 17.8 Å². The van der Waals surface area contributed by atoms with Gasteiger partial charge in [-0.05, 0) is 12.1 Å². The lowest BCUT2D eigenvalue weighted by molar-refractivity contribution is 1.22. The minimum absolute atomic E-state index is 0.952. The van der Waals surface area contributed by atoms with Crippen LogP contribution in [-0.2, 0) is 0 Å². The lowest BCUT2D eigenvalue weighted by atomic mass is 10.2. The lowest BCUT2D eigenvalue weighted by Crippen LogP contribution is -1.79. The van der Waals surface area contributed by atoms with Crippen molar-refractivity contribution >= 4 is 32.5 Å². The van der Waals surface area contributed by atoms with E-state index in [-0.39, 0.29) is 0 Å². The third-order valence-electron chi connectivity index (χ3n) is 1.96. The van der Waals surface area contributed by atoms with Crippen molar-refractivity contribution in [3.05, 3.63) is 30.2 Å². The summed E-state index contributed by atoms with van der Waals surface area (Å²) in [5.41, 5.74) is 3.81. The minimum Gasteiger partial charge on any atom is -0.245 e. The van der Waals surface area contributed by atoms with Crippen molar-refractivity contribution < 1.29 is 0 Å². The highest BCUT2D eigenvalue weighted by atomic mass is 32.1. The van der Waals surface area contributed by atoms with E-state index in [1.54, 1.807) is 17.7 Å². The fourth-order valence-corrected chi connectivity index (χ4v) is 2.04. The number of fused-ring (bicyclic) bond motifs is 2. The van der Waals surface area contributed by atoms with Gasteiger partial charge in [0, 0.05) is 11.6 Å². The maximum Gasteiger partial charge on any atom is 0.116 e. The molecule has 62 valence electrons. The molecule has 13 heavy (non-hydrogen) atoms. The number of benzene rings is 1. The van der Waals surface area contributed by atoms with Crippen molar-refractivity contribution in [1.29, 1.82) is 0 Å². The molecule has 0 aliphatic carbocycles. The zero-order chi connectivity index (χ0) is 8.67. The molecule has 2 aromatic heterocycles. The van der Waals surface area contributed by atoms with Gasteiger partial charge in [-0.3, -0.25) is 0 Å². The Balaban J connectivity index is 2.57. The van der Waals surface area contributed by atoms with Gasteiger partial charge in [-0.25, -0.2) is 15.0 Å². The van der Waals surface area contributed by atoms with Crippen LogP contribution in [0.5, 0.6) is 0 Å². The summed E-state index contributed by atoms with van der Waals surface area (Å²) in [5.74, 6) is 0. The molecule has 1 aromatic carbocycles. The Morgan fingerprint density at radius 3 is 3.08 bits per heavy atom. The Kier molecular flexibility index (Phi) is 1.31. The van der Waals surface area contributed by atoms with Gasteiger partial charge in [0.1, 0.15) is 6.33 Å². The van der Waals surface area contributed by atoms with Crippen LogP contribution in [0.1, 0.15) is 0 Å². The molecule has 0 spiro atoms. The number of aromatic nitrogens is 3. The Hall–Kier alpha value is -1.55. The molecule has 0 aliphatic heterocycles. The molecular formula is C9H5N3S. The highest BCUT2D eigenvalue weighted by Gasteiger charge is 1.99. The molecule has 3 aromatic rings. The van der Waals surface area contributed by atoms with Crippen LogP contribution < -0.4 is 0 Å². The third kappa shape index (κ3) is 0.990. The molecule has 3 nitrogen and oxygen atoms in total. The quantitative estimate of drug-likeness (QED) is 0.541. The summed E-state index contributed by atoms with van der Waals surface area (Å²) >= 11 is 1.64. The van der Waals surface area contributed by atoms with E-state index in [0.717, 1.165) is 16.4 Å². The summed E-state index contributed by atoms with van der Waals surface area (Å²) < 4.78 is 1.18. The molecule has 0 N–H and O–H groups in total. The van der Waals surface area contributed by atoms with E-state index in [4.69, 9.17) is 0 Å². The average Bonchev–Trinajstić information content (AvgIpc) is 2.61. The van der Waals surface area contributed by atoms with Crippen molar-refractivity contribution in [1.82, 2.24) is 15.0 Å². The fraction of sp³-hybridized carbons (Fsp3) is 0. The molecule has 3 rings (SSSR count). The largest absolute Gasteiger partial charge is 0.245 e. The van der Waals surface area contributed by atoms with Crippen LogP contribution in [0.2, 0.25) is 0 Å². The van der Waals surface area contributed by atoms with Gasteiger partial charge >= 0.3 is 0 Å². The first-order valence-corrected chi connectivity index (χ1v) is 4.74. The molecule has 4 heteroatoms. The van der Waals surface area contributed by atoms with E-state index in [0.29, 0.717) is 0 Å². The number of nitrogens with zero attached hydrogens (tertiary/aromatic N) is 3. The molecule has 0 saturated carbocycles. The van der Waals surface area contributed by atoms with Gasteiger partial charge in [-0.15, -0.1) is 11.3 Å². The number of thiazole rings is 1. The second kappa shape index (κ2) is 2.47. The van der Waals surface area contributed by atoms with Gasteiger partial charge in [-0.2, -0.15) is 0 Å². The van der Waals surface area contributed by atoms with Crippen molar-refractivity contribution in [2.24, 2.45) is 0 Å². The van der Waals surface area contributed by atoms with Crippen molar-refractivity contribution in [2.75, 3.05) is 0 Å². The molecule has 0 aliphatic rings. The first-order valence-electron chi connectivity index (χ1n) is 3.86. The zero-order valence-electron chi connectivity index (χ0n) is 6.64. The molecule has 0 fully saturated rings. The molecule has 0 radical (unpaired) electrons. The summed E-state index contributed by atoms with van der Waals surface area (Å²) in [7, 11) is 0. The van der Waals surface area contributed by atoms with Gasteiger partial charge in [0.25, 0.3) is 0 Å². The topological polar surface area (TPSA) is 38.7 Å². The van der Waals surface area contributed by atoms with Crippen LogP contribution in [0.4, 0.5) is 0 Å². The molecule has 0 bridgehead atoms. The predicted molar refractivity (Wildman–Crippen MR) is 52.7 cm³/mol. The molecule has 0 amide bonds. The van der Waals surface area contributed by atoms with Gasteiger partial charge in [0.2, 0.25) is 0 Å². The normalized spacial score (nSPS) is 11.1. The maximum atomic E-state index is 4.23. The number of hydrogen-bond acceptors (Lipinski definition) is 4. The Labute approximate surface area is 78.1 Å². The maximum absolute atomic E-state index is 4.23. The lowest BCUT2D eigenvalue weighted by Gasteiger charge is -1.94. The van der Waals surface area contributed by atoms with Crippen LogP contribution in [0.15, 0.2) is 30.2 Å². The molecule has 0 unspecified atom stereocenters. The summed E-state index contributed by atoms with van der Waals surface area (Å²) in [6, 6.07) is 4.06. The smallest absolute Gasteiger partial charge is 0.116 e. The Morgan fingerprint density at radius 2 is 2.08 bits per heavy atom. The van der Waals surface area contributed by atoms with E-state index in [2.05, 4.69) is 21.0 Å². The number of rotatable bonds is 0. The average molecular weight is 187 g/mol. The van der Waals surface area contributed by atoms with Crippen LogP contribution in [0.3, 0.4) is 0 Å². The van der Waals surface area contributed by atoms with Crippen molar-refractivity contribution in [3.8, 4) is 0 Å². The van der Waals surface area contributed by atoms with Crippen LogP contribution in [-0.4, -0.2) is 15.0 Å². The summed E-state index contributed by atoms with van der Waals surface area (Å²) in [6.45, 7) is 0. The highest BCUT2D eigenvalue weighted by molar-refractivity contribution is 7.16. The van der Waals surface area contributed by atoms with Crippen LogP contribution in [0.25, 0.3) is 21.1 Å². The molecule has 0 saturated heterocycles. The third-order valence-corrected chi connectivity index (χ3v) is 2.75. The van der Waals surface area contributed by atoms with Gasteiger partial charge < -0.3 is 0 Å². The van der Waals surface area contributed by atoms with Gasteiger partial charge in [0.15, 0.2) is 0 Å². The van der Waals surface area contributed by atoms with Crippen LogP contribution >= 0.6 is 11.3 Å². The first kappa shape index (κ1) is 6.91. The fourth-order valence-electron chi connectivity index (χ4n) is 1.33. The van der Waals surface area contributed by atoms with Crippen molar-refractivity contribution in [2.45, 2.75) is 0 Å². The van der Waals surface area contributed by atoms with Gasteiger partial charge in [-0.1, -0.05) is 0 Å². The second-order valence-corrected chi connectivity index (χ2v) is 3.64. The zero-order valence-corrected chi connectivity index (χ0v) is 7.45.